The molecule has 0 saturated carbocycles. The number of amides is 1. The number of fused-ring (bicyclic) bond motifs is 1. The number of aliphatic carboxylic acids is 1. The summed E-state index contributed by atoms with van der Waals surface area (Å²) in [5, 5.41) is 67.2. The summed E-state index contributed by atoms with van der Waals surface area (Å²) < 4.78 is 138. The Morgan fingerprint density at radius 2 is 1.14 bits per heavy atom. The van der Waals surface area contributed by atoms with Gasteiger partial charge in [-0.3, -0.25) is 33.1 Å². The molecule has 5 aromatic carbocycles. The molecule has 1 unspecified atom stereocenters. The lowest BCUT2D eigenvalue weighted by Crippen LogP contribution is -2.32. The number of nitro groups is 1. The number of rotatable bonds is 13. The van der Waals surface area contributed by atoms with Crippen molar-refractivity contribution in [3.05, 3.63) is 89.0 Å². The molecule has 0 radical (unpaired) electrons. The van der Waals surface area contributed by atoms with E-state index >= 15 is 0 Å². The molecule has 7 N–H and O–H groups in total. The Morgan fingerprint density at radius 3 is 1.61 bits per heavy atom. The molecule has 5 aromatic rings. The molecule has 1 heterocycles. The first kappa shape index (κ1) is 45.9. The number of azo groups is 3. The number of phenolic OH excluding ortho intramolecular Hbond substituents is 2. The Kier molecular flexibility index (Phi) is 11.9. The first-order chi connectivity index (χ1) is 29.7. The fourth-order valence-corrected chi connectivity index (χ4v) is 8.20. The molecule has 0 bridgehead atoms. The van der Waals surface area contributed by atoms with E-state index in [1.165, 1.54) is 24.3 Å². The Balaban J connectivity index is 1.47. The van der Waals surface area contributed by atoms with E-state index in [1.54, 1.807) is 6.07 Å². The first-order valence-electron chi connectivity index (χ1n) is 16.5. The highest BCUT2D eigenvalue weighted by atomic mass is 32.2. The number of carboxylic acid groups (broad SMARTS) is 1. The van der Waals surface area contributed by atoms with Crippen molar-refractivity contribution < 1.29 is 81.7 Å². The molecule has 64 heavy (non-hydrogen) atoms. The molecule has 0 aliphatic carbocycles. The van der Waals surface area contributed by atoms with Crippen molar-refractivity contribution in [3.8, 4) is 11.5 Å². The predicted molar refractivity (Wildman–Crippen MR) is 212 cm³/mol. The van der Waals surface area contributed by atoms with Gasteiger partial charge in [0.05, 0.1) is 21.7 Å². The van der Waals surface area contributed by atoms with Gasteiger partial charge in [0.2, 0.25) is 6.04 Å². The van der Waals surface area contributed by atoms with E-state index in [2.05, 4.69) is 35.8 Å². The molecule has 28 nitrogen and oxygen atoms in total. The second kappa shape index (κ2) is 16.6. The van der Waals surface area contributed by atoms with Crippen molar-refractivity contribution in [1.82, 2.24) is 0 Å². The molecule has 332 valence electrons. The maximum Gasteiger partial charge on any atom is 0.355 e. The van der Waals surface area contributed by atoms with Gasteiger partial charge in [0, 0.05) is 12.1 Å². The number of aromatic hydroxyl groups is 2. The largest absolute Gasteiger partial charge is 0.505 e. The van der Waals surface area contributed by atoms with Crippen LogP contribution in [0.4, 0.5) is 39.8 Å². The number of non-ortho nitro benzene ring substituents is 1. The number of phenols is 2. The molecule has 0 aromatic heterocycles. The van der Waals surface area contributed by atoms with Gasteiger partial charge in [0.15, 0.2) is 17.2 Å². The van der Waals surface area contributed by atoms with Crippen LogP contribution in [0.25, 0.3) is 10.8 Å². The molecular formula is C32H21N9O19S4. The summed E-state index contributed by atoms with van der Waals surface area (Å²) in [6.07, 6.45) is 0. The highest BCUT2D eigenvalue weighted by Gasteiger charge is 2.41. The van der Waals surface area contributed by atoms with E-state index < -0.39 is 145 Å². The topological polar surface area (TPSA) is 445 Å². The van der Waals surface area contributed by atoms with Gasteiger partial charge in [-0.15, -0.1) is 20.5 Å². The van der Waals surface area contributed by atoms with Crippen LogP contribution < -0.4 is 5.01 Å². The number of nitro benzene ring substituents is 1. The van der Waals surface area contributed by atoms with Crippen molar-refractivity contribution in [2.24, 2.45) is 35.8 Å². The van der Waals surface area contributed by atoms with Crippen molar-refractivity contribution in [3.63, 3.8) is 0 Å². The average molecular weight is 964 g/mol. The van der Waals surface area contributed by atoms with Crippen LogP contribution >= 0.6 is 0 Å². The van der Waals surface area contributed by atoms with Crippen LogP contribution in [-0.2, 0) is 50.1 Å². The molecule has 0 fully saturated rings. The van der Waals surface area contributed by atoms with Gasteiger partial charge in [-0.25, -0.2) is 4.79 Å². The van der Waals surface area contributed by atoms with E-state index in [-0.39, 0.29) is 5.69 Å². The number of carbonyl (C=O) groups excluding carboxylic acids is 1. The van der Waals surface area contributed by atoms with Gasteiger partial charge < -0.3 is 15.3 Å². The van der Waals surface area contributed by atoms with Crippen LogP contribution in [0.2, 0.25) is 0 Å². The summed E-state index contributed by atoms with van der Waals surface area (Å²) in [4.78, 5) is 29.8. The Hall–Kier alpha value is -7.59. The lowest BCUT2D eigenvalue weighted by Gasteiger charge is -2.13. The number of hydrogen-bond donors (Lipinski definition) is 7. The monoisotopic (exact) mass is 963 g/mol. The van der Waals surface area contributed by atoms with Crippen LogP contribution in [0.1, 0.15) is 0 Å². The summed E-state index contributed by atoms with van der Waals surface area (Å²) in [6.45, 7) is 0. The number of carboxylic acids is 1. The highest BCUT2D eigenvalue weighted by molar-refractivity contribution is 7.86. The van der Waals surface area contributed by atoms with Crippen LogP contribution in [0.3, 0.4) is 0 Å². The fraction of sp³-hybridized carbons (Fsp3) is 0.0312. The molecule has 0 spiro atoms. The van der Waals surface area contributed by atoms with E-state index in [0.717, 1.165) is 17.1 Å². The molecule has 1 aliphatic rings. The van der Waals surface area contributed by atoms with Gasteiger partial charge >= 0.3 is 5.97 Å². The van der Waals surface area contributed by atoms with Crippen molar-refractivity contribution in [1.29, 1.82) is 0 Å². The van der Waals surface area contributed by atoms with Crippen LogP contribution in [-0.4, -0.2) is 95.8 Å². The number of hydrogen-bond acceptors (Lipinski definition) is 21. The first-order valence-corrected chi connectivity index (χ1v) is 22.3. The summed E-state index contributed by atoms with van der Waals surface area (Å²) in [6, 6.07) is 10.4. The number of benzene rings is 5. The predicted octanol–water partition coefficient (Wildman–Crippen LogP) is 4.92. The minimum atomic E-state index is -5.55. The molecule has 1 amide bonds. The summed E-state index contributed by atoms with van der Waals surface area (Å²) in [5.41, 5.74) is -6.34. The van der Waals surface area contributed by atoms with Crippen molar-refractivity contribution in [2.75, 3.05) is 5.01 Å². The van der Waals surface area contributed by atoms with Gasteiger partial charge in [-0.05, 0) is 53.9 Å². The Bertz CT molecular complexity index is 3450. The second-order valence-corrected chi connectivity index (χ2v) is 18.1. The Labute approximate surface area is 356 Å². The SMILES string of the molecule is O=C(O)C1=NN(c2ccccc2)C(=O)C1N=Nc1ccc(N=Nc2c(S(=O)(=O)O)cc3cc(S(=O)(=O)O)c(N=Nc4ccc([N+](=O)[O-])cc4S(=O)(=O)O)c(O)c3c2O)c(S(=O)(=O)O)c1. The number of hydrazone groups is 1. The summed E-state index contributed by atoms with van der Waals surface area (Å²) in [5.74, 6) is -5.60. The minimum Gasteiger partial charge on any atom is -0.505 e. The van der Waals surface area contributed by atoms with E-state index in [9.17, 15) is 86.9 Å². The second-order valence-electron chi connectivity index (χ2n) is 12.5. The molecular weight excluding hydrogens is 943 g/mol. The van der Waals surface area contributed by atoms with E-state index in [1.807, 2.05) is 0 Å². The zero-order valence-electron chi connectivity index (χ0n) is 30.8. The average Bonchev–Trinajstić information content (AvgIpc) is 3.53. The third-order valence-electron chi connectivity index (χ3n) is 8.39. The zero-order valence-corrected chi connectivity index (χ0v) is 34.0. The zero-order chi connectivity index (χ0) is 47.3. The van der Waals surface area contributed by atoms with Crippen LogP contribution in [0, 0.1) is 10.1 Å². The number of anilines is 1. The third-order valence-corrected chi connectivity index (χ3v) is 11.9. The van der Waals surface area contributed by atoms with E-state index in [0.29, 0.717) is 36.4 Å². The highest BCUT2D eigenvalue weighted by Crippen LogP contribution is 2.50. The number of carbonyl (C=O) groups is 2. The summed E-state index contributed by atoms with van der Waals surface area (Å²) >= 11 is 0. The van der Waals surface area contributed by atoms with Crippen LogP contribution in [0.5, 0.6) is 11.5 Å². The van der Waals surface area contributed by atoms with Gasteiger partial charge in [0.25, 0.3) is 52.1 Å². The normalized spacial score (nSPS) is 15.2. The molecule has 1 aliphatic heterocycles. The number of nitrogens with zero attached hydrogens (tertiary/aromatic N) is 9. The molecule has 32 heteroatoms. The molecule has 6 rings (SSSR count). The van der Waals surface area contributed by atoms with E-state index in [4.69, 9.17) is 0 Å². The van der Waals surface area contributed by atoms with Crippen molar-refractivity contribution >= 4 is 109 Å². The summed E-state index contributed by atoms with van der Waals surface area (Å²) in [7, 11) is -21.7. The smallest absolute Gasteiger partial charge is 0.355 e. The standard InChI is InChI=1S/C32H21N9O19S4/c42-29-24-14(11-23(64(58,59)60)26(30(24)43)37-35-19-9-7-17(41(47)48)13-21(19)62(52,53)54)10-22(63(55,56)57)25(29)36-34-18-8-6-15(12-20(18)61(49,50)51)33-38-27-28(32(45)46)39-40(31(27)44)16-4-2-1-3-5-16/h1-13,27,42-43H,(H,45,46)(H,49,50,51)(H,52,53,54)(H,55,56,57)(H,58,59,60). The minimum absolute atomic E-state index is 0.169. The van der Waals surface area contributed by atoms with Gasteiger partial charge in [-0.1, -0.05) is 18.2 Å². The van der Waals surface area contributed by atoms with Crippen LogP contribution in [0.15, 0.2) is 134 Å². The molecule has 0 saturated heterocycles. The lowest BCUT2D eigenvalue weighted by molar-refractivity contribution is -0.385. The molecule has 1 atom stereocenters. The lowest BCUT2D eigenvalue weighted by atomic mass is 10.1. The maximum atomic E-state index is 13.1. The van der Waals surface area contributed by atoms with Gasteiger partial charge in [0.1, 0.15) is 42.3 Å². The number of para-hydroxylation sites is 1. The maximum absolute atomic E-state index is 13.1. The Morgan fingerprint density at radius 1 is 0.656 bits per heavy atom. The quantitative estimate of drug-likeness (QED) is 0.0356. The fourth-order valence-electron chi connectivity index (χ4n) is 5.60. The van der Waals surface area contributed by atoms with Crippen molar-refractivity contribution in [2.45, 2.75) is 25.6 Å². The van der Waals surface area contributed by atoms with Gasteiger partial charge in [-0.2, -0.15) is 54.0 Å². The third kappa shape index (κ3) is 9.27.